The lowest BCUT2D eigenvalue weighted by atomic mass is 9.98. The van der Waals surface area contributed by atoms with Gasteiger partial charge in [-0.2, -0.15) is 0 Å². The highest BCUT2D eigenvalue weighted by Crippen LogP contribution is 2.28. The minimum atomic E-state index is -0.874. The lowest BCUT2D eigenvalue weighted by molar-refractivity contribution is 0.501. The molecule has 0 aliphatic heterocycles. The summed E-state index contributed by atoms with van der Waals surface area (Å²) in [7, 11) is 0. The summed E-state index contributed by atoms with van der Waals surface area (Å²) in [6, 6.07) is 8.43. The molecule has 5 heteroatoms. The molecular weight excluding hydrogens is 343 g/mol. The Kier molecular flexibility index (Phi) is 5.42. The molecule has 1 N–H and O–H groups in total. The summed E-state index contributed by atoms with van der Waals surface area (Å²) in [5.74, 6) is -2.09. The van der Waals surface area contributed by atoms with Crippen molar-refractivity contribution in [2.75, 3.05) is 6.54 Å². The van der Waals surface area contributed by atoms with Gasteiger partial charge in [0.1, 0.15) is 5.82 Å². The maximum atomic E-state index is 13.7. The van der Waals surface area contributed by atoms with Gasteiger partial charge < -0.3 is 5.32 Å². The first-order chi connectivity index (χ1) is 10.0. The van der Waals surface area contributed by atoms with Crippen LogP contribution < -0.4 is 5.32 Å². The Morgan fingerprint density at radius 1 is 1.05 bits per heavy atom. The summed E-state index contributed by atoms with van der Waals surface area (Å²) in [5, 5.41) is 3.24. The molecule has 112 valence electrons. The third kappa shape index (κ3) is 3.86. The van der Waals surface area contributed by atoms with Crippen molar-refractivity contribution >= 4 is 15.9 Å². The minimum Gasteiger partial charge on any atom is -0.310 e. The van der Waals surface area contributed by atoms with Crippen LogP contribution in [0.4, 0.5) is 13.2 Å². The molecule has 1 atom stereocenters. The highest BCUT2D eigenvalue weighted by atomic mass is 79.9. The van der Waals surface area contributed by atoms with Crippen LogP contribution in [0.2, 0.25) is 0 Å². The Morgan fingerprint density at radius 3 is 2.48 bits per heavy atom. The fourth-order valence-electron chi connectivity index (χ4n) is 2.23. The number of halogens is 4. The average molecular weight is 358 g/mol. The topological polar surface area (TPSA) is 12.0 Å². The second kappa shape index (κ2) is 7.09. The van der Waals surface area contributed by atoms with Crippen LogP contribution in [0.25, 0.3) is 0 Å². The smallest absolute Gasteiger partial charge is 0.159 e. The first-order valence-electron chi connectivity index (χ1n) is 6.64. The molecule has 0 aliphatic carbocycles. The van der Waals surface area contributed by atoms with E-state index in [9.17, 15) is 13.2 Å². The fourth-order valence-corrected chi connectivity index (χ4v) is 2.77. The quantitative estimate of drug-likeness (QED) is 0.813. The number of hydrogen-bond acceptors (Lipinski definition) is 1. The molecular formula is C16H15BrF3N. The Hall–Kier alpha value is -1.33. The van der Waals surface area contributed by atoms with E-state index >= 15 is 0 Å². The SMILES string of the molecule is CCNC(Cc1ccc(F)c(F)c1)c1cccc(F)c1Br. The number of rotatable bonds is 5. The summed E-state index contributed by atoms with van der Waals surface area (Å²) < 4.78 is 40.3. The first kappa shape index (κ1) is 16.0. The summed E-state index contributed by atoms with van der Waals surface area (Å²) in [4.78, 5) is 0. The van der Waals surface area contributed by atoms with Crippen LogP contribution in [-0.2, 0) is 6.42 Å². The molecule has 0 amide bonds. The van der Waals surface area contributed by atoms with Crippen LogP contribution in [-0.4, -0.2) is 6.54 Å². The van der Waals surface area contributed by atoms with Gasteiger partial charge in [-0.3, -0.25) is 0 Å². The van der Waals surface area contributed by atoms with Gasteiger partial charge >= 0.3 is 0 Å². The standard InChI is InChI=1S/C16H15BrF3N/c1-2-21-15(11-4-3-5-13(19)16(11)17)9-10-6-7-12(18)14(20)8-10/h3-8,15,21H,2,9H2,1H3. The normalized spacial score (nSPS) is 12.4. The zero-order valence-electron chi connectivity index (χ0n) is 11.5. The molecule has 2 aromatic carbocycles. The molecule has 2 aromatic rings. The van der Waals surface area contributed by atoms with Gasteiger partial charge in [-0.15, -0.1) is 0 Å². The van der Waals surface area contributed by atoms with Gasteiger partial charge in [0.25, 0.3) is 0 Å². The van der Waals surface area contributed by atoms with Crippen molar-refractivity contribution in [1.82, 2.24) is 5.32 Å². The second-order valence-corrected chi connectivity index (χ2v) is 5.50. The van der Waals surface area contributed by atoms with Crippen molar-refractivity contribution in [2.45, 2.75) is 19.4 Å². The van der Waals surface area contributed by atoms with E-state index in [2.05, 4.69) is 21.2 Å². The van der Waals surface area contributed by atoms with Crippen LogP contribution in [0.15, 0.2) is 40.9 Å². The van der Waals surface area contributed by atoms with Gasteiger partial charge in [0, 0.05) is 6.04 Å². The third-order valence-electron chi connectivity index (χ3n) is 3.23. The van der Waals surface area contributed by atoms with Gasteiger partial charge in [-0.1, -0.05) is 25.1 Å². The summed E-state index contributed by atoms with van der Waals surface area (Å²) in [6.07, 6.45) is 0.438. The highest BCUT2D eigenvalue weighted by molar-refractivity contribution is 9.10. The predicted molar refractivity (Wildman–Crippen MR) is 80.6 cm³/mol. The van der Waals surface area contributed by atoms with Crippen molar-refractivity contribution in [3.05, 3.63) is 69.4 Å². The summed E-state index contributed by atoms with van der Waals surface area (Å²) >= 11 is 3.24. The monoisotopic (exact) mass is 357 g/mol. The predicted octanol–water partition coefficient (Wildman–Crippen LogP) is 4.76. The molecule has 1 nitrogen and oxygen atoms in total. The van der Waals surface area contributed by atoms with Gasteiger partial charge in [0.15, 0.2) is 11.6 Å². The van der Waals surface area contributed by atoms with Crippen molar-refractivity contribution in [2.24, 2.45) is 0 Å². The molecule has 0 fully saturated rings. The Balaban J connectivity index is 2.30. The van der Waals surface area contributed by atoms with E-state index in [1.54, 1.807) is 12.1 Å². The van der Waals surface area contributed by atoms with Gasteiger partial charge in [0.05, 0.1) is 4.47 Å². The van der Waals surface area contributed by atoms with Crippen LogP contribution >= 0.6 is 15.9 Å². The summed E-state index contributed by atoms with van der Waals surface area (Å²) in [5.41, 5.74) is 1.40. The Bertz CT molecular complexity index is 631. The molecule has 0 radical (unpaired) electrons. The molecule has 0 saturated carbocycles. The van der Waals surface area contributed by atoms with Gasteiger partial charge in [-0.25, -0.2) is 13.2 Å². The van der Waals surface area contributed by atoms with E-state index in [0.29, 0.717) is 23.0 Å². The summed E-state index contributed by atoms with van der Waals surface area (Å²) in [6.45, 7) is 2.61. The van der Waals surface area contributed by atoms with E-state index in [0.717, 1.165) is 11.6 Å². The number of nitrogens with one attached hydrogen (secondary N) is 1. The lowest BCUT2D eigenvalue weighted by Crippen LogP contribution is -2.23. The maximum Gasteiger partial charge on any atom is 0.159 e. The van der Waals surface area contributed by atoms with Crippen LogP contribution in [0.1, 0.15) is 24.1 Å². The molecule has 0 spiro atoms. The first-order valence-corrected chi connectivity index (χ1v) is 7.43. The second-order valence-electron chi connectivity index (χ2n) is 4.71. The van der Waals surface area contributed by atoms with Crippen LogP contribution in [0.3, 0.4) is 0 Å². The van der Waals surface area contributed by atoms with E-state index < -0.39 is 11.6 Å². The number of likely N-dealkylation sites (N-methyl/N-ethyl adjacent to an activating group) is 1. The Labute approximate surface area is 130 Å². The molecule has 21 heavy (non-hydrogen) atoms. The minimum absolute atomic E-state index is 0.190. The van der Waals surface area contributed by atoms with Crippen molar-refractivity contribution in [3.63, 3.8) is 0 Å². The Morgan fingerprint density at radius 2 is 1.81 bits per heavy atom. The molecule has 1 unspecified atom stereocenters. The molecule has 0 saturated heterocycles. The van der Waals surface area contributed by atoms with Gasteiger partial charge in [-0.05, 0) is 58.2 Å². The van der Waals surface area contributed by atoms with Crippen LogP contribution in [0.5, 0.6) is 0 Å². The maximum absolute atomic E-state index is 13.7. The zero-order valence-corrected chi connectivity index (χ0v) is 13.1. The lowest BCUT2D eigenvalue weighted by Gasteiger charge is -2.20. The third-order valence-corrected chi connectivity index (χ3v) is 4.07. The van der Waals surface area contributed by atoms with Crippen molar-refractivity contribution in [3.8, 4) is 0 Å². The van der Waals surface area contributed by atoms with Crippen molar-refractivity contribution < 1.29 is 13.2 Å². The van der Waals surface area contributed by atoms with Gasteiger partial charge in [0.2, 0.25) is 0 Å². The fraction of sp³-hybridized carbons (Fsp3) is 0.250. The highest BCUT2D eigenvalue weighted by Gasteiger charge is 2.17. The van der Waals surface area contributed by atoms with Crippen molar-refractivity contribution in [1.29, 1.82) is 0 Å². The van der Waals surface area contributed by atoms with E-state index in [-0.39, 0.29) is 11.9 Å². The number of hydrogen-bond donors (Lipinski definition) is 1. The van der Waals surface area contributed by atoms with Crippen LogP contribution in [0, 0.1) is 17.5 Å². The van der Waals surface area contributed by atoms with E-state index in [4.69, 9.17) is 0 Å². The van der Waals surface area contributed by atoms with E-state index in [1.807, 2.05) is 6.92 Å². The van der Waals surface area contributed by atoms with E-state index in [1.165, 1.54) is 18.2 Å². The molecule has 0 aromatic heterocycles. The molecule has 0 aliphatic rings. The molecule has 0 heterocycles. The zero-order chi connectivity index (χ0) is 15.4. The average Bonchev–Trinajstić information content (AvgIpc) is 2.45. The molecule has 2 rings (SSSR count). The number of benzene rings is 2. The molecule has 0 bridgehead atoms. The largest absolute Gasteiger partial charge is 0.310 e.